The Labute approximate surface area is 105 Å². The zero-order valence-corrected chi connectivity index (χ0v) is 10.1. The SMILES string of the molecule is NNC(=O)c1nc(COCCCC(F)(F)F)cs1. The van der Waals surface area contributed by atoms with Crippen molar-refractivity contribution in [3.8, 4) is 0 Å². The minimum Gasteiger partial charge on any atom is -0.375 e. The number of carbonyl (C=O) groups excluding carboxylic acids is 1. The van der Waals surface area contributed by atoms with Gasteiger partial charge in [0.15, 0.2) is 5.01 Å². The van der Waals surface area contributed by atoms with Gasteiger partial charge in [-0.1, -0.05) is 0 Å². The van der Waals surface area contributed by atoms with Crippen molar-refractivity contribution in [1.82, 2.24) is 10.4 Å². The number of hydrogen-bond acceptors (Lipinski definition) is 5. The highest BCUT2D eigenvalue weighted by Gasteiger charge is 2.25. The number of amides is 1. The van der Waals surface area contributed by atoms with Crippen molar-refractivity contribution in [3.63, 3.8) is 0 Å². The zero-order valence-electron chi connectivity index (χ0n) is 9.29. The summed E-state index contributed by atoms with van der Waals surface area (Å²) in [7, 11) is 0. The smallest absolute Gasteiger partial charge is 0.375 e. The Morgan fingerprint density at radius 1 is 1.56 bits per heavy atom. The number of ether oxygens (including phenoxy) is 1. The fraction of sp³-hybridized carbons (Fsp3) is 0.556. The molecule has 3 N–H and O–H groups in total. The van der Waals surface area contributed by atoms with Gasteiger partial charge in [-0.2, -0.15) is 13.2 Å². The highest BCUT2D eigenvalue weighted by atomic mass is 32.1. The van der Waals surface area contributed by atoms with Crippen LogP contribution in [0.3, 0.4) is 0 Å². The van der Waals surface area contributed by atoms with Gasteiger partial charge in [0.2, 0.25) is 0 Å². The number of hydrazine groups is 1. The Bertz CT molecular complexity index is 395. The molecular weight excluding hydrogens is 271 g/mol. The second-order valence-corrected chi connectivity index (χ2v) is 4.25. The van der Waals surface area contributed by atoms with Crippen LogP contribution in [0.2, 0.25) is 0 Å². The third-order valence-electron chi connectivity index (χ3n) is 1.88. The summed E-state index contributed by atoms with van der Waals surface area (Å²) in [6.45, 7) is 0.0711. The molecule has 0 bridgehead atoms. The molecule has 1 rings (SSSR count). The number of rotatable bonds is 6. The number of aromatic nitrogens is 1. The maximum atomic E-state index is 11.8. The van der Waals surface area contributed by atoms with Gasteiger partial charge in [-0.25, -0.2) is 10.8 Å². The maximum absolute atomic E-state index is 11.8. The molecule has 0 aromatic carbocycles. The minimum absolute atomic E-state index is 0.00451. The van der Waals surface area contributed by atoms with Crippen molar-refractivity contribution in [2.24, 2.45) is 5.84 Å². The summed E-state index contributed by atoms with van der Waals surface area (Å²) in [4.78, 5) is 15.0. The predicted octanol–water partition coefficient (Wildman–Crippen LogP) is 1.61. The predicted molar refractivity (Wildman–Crippen MR) is 58.7 cm³/mol. The van der Waals surface area contributed by atoms with E-state index in [1.54, 1.807) is 5.38 Å². The minimum atomic E-state index is -4.16. The van der Waals surface area contributed by atoms with E-state index in [-0.39, 0.29) is 24.6 Å². The lowest BCUT2D eigenvalue weighted by atomic mass is 10.3. The van der Waals surface area contributed by atoms with Crippen LogP contribution in [-0.2, 0) is 11.3 Å². The van der Waals surface area contributed by atoms with E-state index >= 15 is 0 Å². The first-order chi connectivity index (χ1) is 8.42. The molecular formula is C9H12F3N3O2S. The van der Waals surface area contributed by atoms with Gasteiger partial charge in [0, 0.05) is 18.4 Å². The van der Waals surface area contributed by atoms with E-state index < -0.39 is 18.5 Å². The average molecular weight is 283 g/mol. The normalized spacial score (nSPS) is 11.6. The number of hydrogen-bond donors (Lipinski definition) is 2. The zero-order chi connectivity index (χ0) is 13.6. The quantitative estimate of drug-likeness (QED) is 0.360. The number of nitrogens with zero attached hydrogens (tertiary/aromatic N) is 1. The molecule has 0 saturated carbocycles. The molecule has 0 atom stereocenters. The molecule has 0 saturated heterocycles. The molecule has 0 fully saturated rings. The van der Waals surface area contributed by atoms with Crippen molar-refractivity contribution in [2.75, 3.05) is 6.61 Å². The lowest BCUT2D eigenvalue weighted by molar-refractivity contribution is -0.138. The van der Waals surface area contributed by atoms with Crippen molar-refractivity contribution < 1.29 is 22.7 Å². The largest absolute Gasteiger partial charge is 0.389 e. The molecule has 18 heavy (non-hydrogen) atoms. The second kappa shape index (κ2) is 6.66. The molecule has 0 spiro atoms. The van der Waals surface area contributed by atoms with Crippen molar-refractivity contribution in [2.45, 2.75) is 25.6 Å². The van der Waals surface area contributed by atoms with E-state index in [4.69, 9.17) is 10.6 Å². The van der Waals surface area contributed by atoms with E-state index in [2.05, 4.69) is 4.98 Å². The highest BCUT2D eigenvalue weighted by Crippen LogP contribution is 2.21. The molecule has 102 valence electrons. The number of nitrogen functional groups attached to an aromatic ring is 1. The van der Waals surface area contributed by atoms with E-state index in [1.165, 1.54) is 0 Å². The summed E-state index contributed by atoms with van der Waals surface area (Å²) >= 11 is 1.09. The summed E-state index contributed by atoms with van der Waals surface area (Å²) < 4.78 is 40.5. The summed E-state index contributed by atoms with van der Waals surface area (Å²) in [5.74, 6) is 4.41. The summed E-state index contributed by atoms with van der Waals surface area (Å²) in [5.41, 5.74) is 2.42. The second-order valence-electron chi connectivity index (χ2n) is 3.39. The summed E-state index contributed by atoms with van der Waals surface area (Å²) in [6, 6.07) is 0. The first-order valence-electron chi connectivity index (χ1n) is 5.02. The van der Waals surface area contributed by atoms with E-state index in [1.807, 2.05) is 5.43 Å². The molecule has 1 amide bonds. The van der Waals surface area contributed by atoms with E-state index in [0.717, 1.165) is 11.3 Å². The van der Waals surface area contributed by atoms with E-state index in [0.29, 0.717) is 5.69 Å². The number of carbonyl (C=O) groups is 1. The lowest BCUT2D eigenvalue weighted by Gasteiger charge is -2.05. The molecule has 0 aliphatic heterocycles. The van der Waals surface area contributed by atoms with Gasteiger partial charge < -0.3 is 4.74 Å². The van der Waals surface area contributed by atoms with Gasteiger partial charge in [-0.3, -0.25) is 10.2 Å². The Morgan fingerprint density at radius 2 is 2.28 bits per heavy atom. The fourth-order valence-electron chi connectivity index (χ4n) is 1.09. The van der Waals surface area contributed by atoms with Crippen LogP contribution in [-0.4, -0.2) is 23.7 Å². The first-order valence-corrected chi connectivity index (χ1v) is 5.90. The third kappa shape index (κ3) is 5.43. The average Bonchev–Trinajstić information content (AvgIpc) is 2.75. The van der Waals surface area contributed by atoms with Gasteiger partial charge in [-0.05, 0) is 6.42 Å². The number of nitrogens with two attached hydrogens (primary N) is 1. The molecule has 0 radical (unpaired) electrons. The topological polar surface area (TPSA) is 77.2 Å². The highest BCUT2D eigenvalue weighted by molar-refractivity contribution is 7.11. The molecule has 1 heterocycles. The van der Waals surface area contributed by atoms with Crippen molar-refractivity contribution in [1.29, 1.82) is 0 Å². The van der Waals surface area contributed by atoms with Crippen LogP contribution in [0.15, 0.2) is 5.38 Å². The monoisotopic (exact) mass is 283 g/mol. The van der Waals surface area contributed by atoms with Gasteiger partial charge in [0.1, 0.15) is 0 Å². The van der Waals surface area contributed by atoms with Crippen molar-refractivity contribution >= 4 is 17.2 Å². The van der Waals surface area contributed by atoms with Gasteiger partial charge >= 0.3 is 6.18 Å². The first kappa shape index (κ1) is 14.9. The Kier molecular flexibility index (Phi) is 5.51. The van der Waals surface area contributed by atoms with Crippen molar-refractivity contribution in [3.05, 3.63) is 16.1 Å². The lowest BCUT2D eigenvalue weighted by Crippen LogP contribution is -2.29. The van der Waals surface area contributed by atoms with Crippen LogP contribution in [0.1, 0.15) is 28.3 Å². The number of thiazole rings is 1. The van der Waals surface area contributed by atoms with Crippen LogP contribution >= 0.6 is 11.3 Å². The molecule has 0 aliphatic rings. The third-order valence-corrected chi connectivity index (χ3v) is 2.77. The van der Waals surface area contributed by atoms with Crippen LogP contribution in [0, 0.1) is 0 Å². The van der Waals surface area contributed by atoms with E-state index in [9.17, 15) is 18.0 Å². The Morgan fingerprint density at radius 3 is 2.89 bits per heavy atom. The van der Waals surface area contributed by atoms with Crippen LogP contribution in [0.5, 0.6) is 0 Å². The van der Waals surface area contributed by atoms with Gasteiger partial charge in [-0.15, -0.1) is 11.3 Å². The molecule has 9 heteroatoms. The van der Waals surface area contributed by atoms with Crippen LogP contribution in [0.25, 0.3) is 0 Å². The van der Waals surface area contributed by atoms with Gasteiger partial charge in [0.25, 0.3) is 5.91 Å². The molecule has 1 aromatic heterocycles. The molecule has 5 nitrogen and oxygen atoms in total. The van der Waals surface area contributed by atoms with Crippen LogP contribution < -0.4 is 11.3 Å². The molecule has 0 aliphatic carbocycles. The van der Waals surface area contributed by atoms with Gasteiger partial charge in [0.05, 0.1) is 12.3 Å². The Balaban J connectivity index is 2.24. The molecule has 0 unspecified atom stereocenters. The number of alkyl halides is 3. The summed E-state index contributed by atoms with van der Waals surface area (Å²) in [5, 5.41) is 1.78. The van der Waals surface area contributed by atoms with Crippen LogP contribution in [0.4, 0.5) is 13.2 Å². The summed E-state index contributed by atoms with van der Waals surface area (Å²) in [6.07, 6.45) is -5.12. The number of nitrogens with one attached hydrogen (secondary N) is 1. The number of halogens is 3. The Hall–Kier alpha value is -1.19. The fourth-order valence-corrected chi connectivity index (χ4v) is 1.80. The maximum Gasteiger partial charge on any atom is 0.389 e. The standard InChI is InChI=1S/C9H12F3N3O2S/c10-9(11,12)2-1-3-17-4-6-5-18-8(14-6)7(16)15-13/h5H,1-4,13H2,(H,15,16). The molecule has 1 aromatic rings.